The van der Waals surface area contributed by atoms with Crippen molar-refractivity contribution in [1.82, 2.24) is 5.06 Å². The third kappa shape index (κ3) is 2.48. The predicted octanol–water partition coefficient (Wildman–Crippen LogP) is 0.487. The van der Waals surface area contributed by atoms with Gasteiger partial charge in [0.15, 0.2) is 0 Å². The summed E-state index contributed by atoms with van der Waals surface area (Å²) >= 11 is 0. The largest absolute Gasteiger partial charge is 0.481 e. The van der Waals surface area contributed by atoms with Crippen molar-refractivity contribution >= 4 is 5.97 Å². The van der Waals surface area contributed by atoms with Crippen LogP contribution in [0.25, 0.3) is 0 Å². The first-order valence-corrected chi connectivity index (χ1v) is 3.81. The highest BCUT2D eigenvalue weighted by molar-refractivity contribution is 5.67. The molecular formula is C7H13NO3. The minimum absolute atomic E-state index is 0.00463. The topological polar surface area (TPSA) is 49.8 Å². The molecule has 0 radical (unpaired) electrons. The molecule has 4 heteroatoms. The first-order chi connectivity index (χ1) is 5.20. The first-order valence-electron chi connectivity index (χ1n) is 3.81. The van der Waals surface area contributed by atoms with E-state index >= 15 is 0 Å². The lowest BCUT2D eigenvalue weighted by Gasteiger charge is -2.19. The molecule has 0 aromatic carbocycles. The van der Waals surface area contributed by atoms with E-state index in [-0.39, 0.29) is 12.5 Å². The molecule has 1 heterocycles. The molecule has 11 heavy (non-hydrogen) atoms. The van der Waals surface area contributed by atoms with E-state index in [1.807, 2.05) is 6.92 Å². The van der Waals surface area contributed by atoms with Crippen molar-refractivity contribution in [3.8, 4) is 0 Å². The minimum atomic E-state index is -0.770. The molecule has 1 unspecified atom stereocenters. The van der Waals surface area contributed by atoms with E-state index in [0.29, 0.717) is 0 Å². The Labute approximate surface area is 65.7 Å². The van der Waals surface area contributed by atoms with Gasteiger partial charge in [-0.25, -0.2) is 0 Å². The van der Waals surface area contributed by atoms with Crippen LogP contribution >= 0.6 is 0 Å². The smallest absolute Gasteiger partial charge is 0.305 e. The Balaban J connectivity index is 2.28. The summed E-state index contributed by atoms with van der Waals surface area (Å²) in [5.74, 6) is -0.770. The average Bonchev–Trinajstić information content (AvgIpc) is 2.35. The summed E-state index contributed by atoms with van der Waals surface area (Å²) < 4.78 is 0. The fourth-order valence-electron chi connectivity index (χ4n) is 1.17. The van der Waals surface area contributed by atoms with Gasteiger partial charge in [-0.1, -0.05) is 0 Å². The van der Waals surface area contributed by atoms with E-state index in [1.165, 1.54) is 0 Å². The van der Waals surface area contributed by atoms with Gasteiger partial charge in [0, 0.05) is 12.6 Å². The second-order valence-electron chi connectivity index (χ2n) is 2.77. The Bertz CT molecular complexity index is 143. The van der Waals surface area contributed by atoms with Gasteiger partial charge >= 0.3 is 5.97 Å². The van der Waals surface area contributed by atoms with E-state index < -0.39 is 5.97 Å². The maximum atomic E-state index is 10.3. The molecule has 0 aromatic heterocycles. The van der Waals surface area contributed by atoms with E-state index in [4.69, 9.17) is 9.94 Å². The Morgan fingerprint density at radius 3 is 3.00 bits per heavy atom. The monoisotopic (exact) mass is 159 g/mol. The van der Waals surface area contributed by atoms with Crippen molar-refractivity contribution in [2.24, 2.45) is 0 Å². The number of aliphatic carboxylic acids is 1. The fraction of sp³-hybridized carbons (Fsp3) is 0.857. The minimum Gasteiger partial charge on any atom is -0.481 e. The van der Waals surface area contributed by atoms with Crippen LogP contribution in [-0.4, -0.2) is 35.3 Å². The highest BCUT2D eigenvalue weighted by Crippen LogP contribution is 2.11. The standard InChI is InChI=1S/C7H13NO3/c1-6(5-7(9)10)8-3-2-4-11-8/h6H,2-5H2,1H3,(H,9,10). The summed E-state index contributed by atoms with van der Waals surface area (Å²) in [7, 11) is 0. The van der Waals surface area contributed by atoms with Crippen LogP contribution in [0, 0.1) is 0 Å². The molecule has 1 atom stereocenters. The average molecular weight is 159 g/mol. The highest BCUT2D eigenvalue weighted by atomic mass is 16.7. The molecule has 0 spiro atoms. The zero-order valence-electron chi connectivity index (χ0n) is 6.62. The number of rotatable bonds is 3. The number of carboxylic acids is 1. The highest BCUT2D eigenvalue weighted by Gasteiger charge is 2.20. The van der Waals surface area contributed by atoms with E-state index in [1.54, 1.807) is 5.06 Å². The van der Waals surface area contributed by atoms with Crippen LogP contribution < -0.4 is 0 Å². The molecular weight excluding hydrogens is 146 g/mol. The third-order valence-corrected chi connectivity index (χ3v) is 1.74. The summed E-state index contributed by atoms with van der Waals surface area (Å²) in [6.07, 6.45) is 1.16. The van der Waals surface area contributed by atoms with Gasteiger partial charge in [-0.15, -0.1) is 0 Å². The summed E-state index contributed by atoms with van der Waals surface area (Å²) in [6, 6.07) is -0.00463. The second-order valence-corrected chi connectivity index (χ2v) is 2.77. The Hall–Kier alpha value is -0.610. The Morgan fingerprint density at radius 1 is 1.82 bits per heavy atom. The molecule has 1 rings (SSSR count). The molecule has 1 saturated heterocycles. The molecule has 1 aliphatic rings. The zero-order valence-corrected chi connectivity index (χ0v) is 6.62. The predicted molar refractivity (Wildman–Crippen MR) is 39.0 cm³/mol. The summed E-state index contributed by atoms with van der Waals surface area (Å²) in [4.78, 5) is 15.5. The Morgan fingerprint density at radius 2 is 2.55 bits per heavy atom. The number of hydrogen-bond acceptors (Lipinski definition) is 3. The van der Waals surface area contributed by atoms with Gasteiger partial charge in [-0.2, -0.15) is 5.06 Å². The van der Waals surface area contributed by atoms with Crippen LogP contribution in [0.5, 0.6) is 0 Å². The molecule has 0 bridgehead atoms. The van der Waals surface area contributed by atoms with Crippen molar-refractivity contribution in [3.05, 3.63) is 0 Å². The van der Waals surface area contributed by atoms with Gasteiger partial charge in [0.25, 0.3) is 0 Å². The molecule has 4 nitrogen and oxygen atoms in total. The molecule has 0 aromatic rings. The molecule has 0 aliphatic carbocycles. The van der Waals surface area contributed by atoms with Crippen LogP contribution in [0.1, 0.15) is 19.8 Å². The van der Waals surface area contributed by atoms with Crippen LogP contribution in [0.3, 0.4) is 0 Å². The van der Waals surface area contributed by atoms with Gasteiger partial charge in [0.05, 0.1) is 13.0 Å². The number of carboxylic acid groups (broad SMARTS) is 1. The number of carbonyl (C=O) groups is 1. The van der Waals surface area contributed by atoms with Crippen LogP contribution in [-0.2, 0) is 9.63 Å². The first kappa shape index (κ1) is 8.49. The fourth-order valence-corrected chi connectivity index (χ4v) is 1.17. The van der Waals surface area contributed by atoms with E-state index in [2.05, 4.69) is 0 Å². The molecule has 1 fully saturated rings. The Kier molecular flexibility index (Phi) is 2.84. The van der Waals surface area contributed by atoms with Crippen LogP contribution in [0.4, 0.5) is 0 Å². The van der Waals surface area contributed by atoms with Crippen LogP contribution in [0.15, 0.2) is 0 Å². The maximum Gasteiger partial charge on any atom is 0.305 e. The van der Waals surface area contributed by atoms with E-state index in [9.17, 15) is 4.79 Å². The molecule has 1 N–H and O–H groups in total. The molecule has 1 aliphatic heterocycles. The lowest BCUT2D eigenvalue weighted by atomic mass is 10.2. The lowest BCUT2D eigenvalue weighted by molar-refractivity contribution is -0.155. The van der Waals surface area contributed by atoms with Gasteiger partial charge in [-0.3, -0.25) is 9.63 Å². The quantitative estimate of drug-likeness (QED) is 0.651. The SMILES string of the molecule is CC(CC(=O)O)N1CCCO1. The third-order valence-electron chi connectivity index (χ3n) is 1.74. The molecule has 64 valence electrons. The molecule has 0 amide bonds. The van der Waals surface area contributed by atoms with Crippen molar-refractivity contribution < 1.29 is 14.7 Å². The summed E-state index contributed by atoms with van der Waals surface area (Å²) in [5.41, 5.74) is 0. The van der Waals surface area contributed by atoms with Crippen molar-refractivity contribution in [2.75, 3.05) is 13.2 Å². The van der Waals surface area contributed by atoms with Crippen molar-refractivity contribution in [1.29, 1.82) is 0 Å². The van der Waals surface area contributed by atoms with Crippen molar-refractivity contribution in [2.45, 2.75) is 25.8 Å². The zero-order chi connectivity index (χ0) is 8.27. The van der Waals surface area contributed by atoms with Gasteiger partial charge in [-0.05, 0) is 13.3 Å². The molecule has 0 saturated carbocycles. The maximum absolute atomic E-state index is 10.3. The van der Waals surface area contributed by atoms with Gasteiger partial charge in [0.1, 0.15) is 0 Å². The lowest BCUT2D eigenvalue weighted by Crippen LogP contribution is -2.30. The van der Waals surface area contributed by atoms with Gasteiger partial charge in [0.2, 0.25) is 0 Å². The number of hydrogen-bond donors (Lipinski definition) is 1. The number of hydroxylamine groups is 2. The normalized spacial score (nSPS) is 21.9. The van der Waals surface area contributed by atoms with Crippen LogP contribution in [0.2, 0.25) is 0 Å². The second kappa shape index (κ2) is 3.69. The number of nitrogens with zero attached hydrogens (tertiary/aromatic N) is 1. The summed E-state index contributed by atoms with van der Waals surface area (Å²) in [6.45, 7) is 3.44. The van der Waals surface area contributed by atoms with E-state index in [0.717, 1.165) is 19.6 Å². The van der Waals surface area contributed by atoms with Crippen molar-refractivity contribution in [3.63, 3.8) is 0 Å². The van der Waals surface area contributed by atoms with Gasteiger partial charge < -0.3 is 5.11 Å². The summed E-state index contributed by atoms with van der Waals surface area (Å²) in [5, 5.41) is 10.2.